The standard InChI is InChI=1S/C17H21N3O3S/c1-3-20(17(21)18-9-14-11-24-12(2)19-14)10-13-4-5-15-16(8-13)23-7-6-22-15/h4-5,8,11H,3,6-7,9-10H2,1-2H3,(H,18,21). The normalized spacial score (nSPS) is 12.8. The molecule has 128 valence electrons. The number of carbonyl (C=O) groups excluding carboxylic acids is 1. The molecule has 0 radical (unpaired) electrons. The van der Waals surface area contributed by atoms with E-state index in [-0.39, 0.29) is 6.03 Å². The third kappa shape index (κ3) is 3.97. The highest BCUT2D eigenvalue weighted by Gasteiger charge is 2.16. The number of thiazole rings is 1. The molecule has 1 N–H and O–H groups in total. The molecule has 1 aliphatic heterocycles. The van der Waals surface area contributed by atoms with E-state index in [0.717, 1.165) is 27.8 Å². The van der Waals surface area contributed by atoms with Crippen molar-refractivity contribution in [1.82, 2.24) is 15.2 Å². The Morgan fingerprint density at radius 3 is 2.83 bits per heavy atom. The lowest BCUT2D eigenvalue weighted by Gasteiger charge is -2.23. The second kappa shape index (κ2) is 7.53. The molecule has 24 heavy (non-hydrogen) atoms. The maximum atomic E-state index is 12.4. The van der Waals surface area contributed by atoms with Crippen LogP contribution in [0.1, 0.15) is 23.2 Å². The Morgan fingerprint density at radius 2 is 2.12 bits per heavy atom. The number of fused-ring (bicyclic) bond motifs is 1. The van der Waals surface area contributed by atoms with Gasteiger partial charge in [-0.05, 0) is 31.5 Å². The monoisotopic (exact) mass is 347 g/mol. The van der Waals surface area contributed by atoms with Crippen LogP contribution in [0.2, 0.25) is 0 Å². The van der Waals surface area contributed by atoms with Gasteiger partial charge in [0.1, 0.15) is 13.2 Å². The van der Waals surface area contributed by atoms with Crippen LogP contribution in [0.5, 0.6) is 11.5 Å². The third-order valence-electron chi connectivity index (χ3n) is 3.74. The zero-order valence-electron chi connectivity index (χ0n) is 13.9. The summed E-state index contributed by atoms with van der Waals surface area (Å²) >= 11 is 1.58. The number of aryl methyl sites for hydroxylation is 1. The van der Waals surface area contributed by atoms with Gasteiger partial charge in [-0.2, -0.15) is 0 Å². The molecule has 2 aromatic rings. The van der Waals surface area contributed by atoms with Crippen LogP contribution >= 0.6 is 11.3 Å². The minimum atomic E-state index is -0.0990. The molecule has 0 fully saturated rings. The van der Waals surface area contributed by atoms with Crippen molar-refractivity contribution >= 4 is 17.4 Å². The number of ether oxygens (including phenoxy) is 2. The van der Waals surface area contributed by atoms with E-state index in [1.165, 1.54) is 0 Å². The van der Waals surface area contributed by atoms with Gasteiger partial charge in [-0.3, -0.25) is 0 Å². The van der Waals surface area contributed by atoms with Crippen LogP contribution in [-0.4, -0.2) is 35.7 Å². The minimum Gasteiger partial charge on any atom is -0.486 e. The molecule has 0 saturated carbocycles. The zero-order valence-corrected chi connectivity index (χ0v) is 14.7. The average Bonchev–Trinajstić information content (AvgIpc) is 3.02. The van der Waals surface area contributed by atoms with E-state index >= 15 is 0 Å². The van der Waals surface area contributed by atoms with Crippen LogP contribution in [0.15, 0.2) is 23.6 Å². The third-order valence-corrected chi connectivity index (χ3v) is 4.56. The SMILES string of the molecule is CCN(Cc1ccc2c(c1)OCCO2)C(=O)NCc1csc(C)n1. The zero-order chi connectivity index (χ0) is 16.9. The van der Waals surface area contributed by atoms with Crippen molar-refractivity contribution in [1.29, 1.82) is 0 Å². The molecule has 1 aromatic carbocycles. The topological polar surface area (TPSA) is 63.7 Å². The van der Waals surface area contributed by atoms with Gasteiger partial charge < -0.3 is 19.7 Å². The van der Waals surface area contributed by atoms with Gasteiger partial charge in [0, 0.05) is 18.5 Å². The maximum absolute atomic E-state index is 12.4. The number of hydrogen-bond donors (Lipinski definition) is 1. The van der Waals surface area contributed by atoms with Crippen LogP contribution in [0.25, 0.3) is 0 Å². The second-order valence-corrected chi connectivity index (χ2v) is 6.57. The molecule has 0 saturated heterocycles. The molecule has 7 heteroatoms. The molecule has 0 aliphatic carbocycles. The Balaban J connectivity index is 1.60. The molecule has 2 heterocycles. The molecule has 1 aliphatic rings. The highest BCUT2D eigenvalue weighted by atomic mass is 32.1. The highest BCUT2D eigenvalue weighted by Crippen LogP contribution is 2.31. The summed E-state index contributed by atoms with van der Waals surface area (Å²) < 4.78 is 11.1. The number of carbonyl (C=O) groups is 1. The van der Waals surface area contributed by atoms with Crippen molar-refractivity contribution in [2.45, 2.75) is 26.9 Å². The van der Waals surface area contributed by atoms with Gasteiger partial charge in [0.05, 0.1) is 17.2 Å². The van der Waals surface area contributed by atoms with Crippen LogP contribution < -0.4 is 14.8 Å². The predicted octanol–water partition coefficient (Wildman–Crippen LogP) is 2.95. The fourth-order valence-corrected chi connectivity index (χ4v) is 3.11. The summed E-state index contributed by atoms with van der Waals surface area (Å²) in [6.07, 6.45) is 0. The van der Waals surface area contributed by atoms with Crippen LogP contribution in [0.3, 0.4) is 0 Å². The van der Waals surface area contributed by atoms with Crippen LogP contribution in [0.4, 0.5) is 4.79 Å². The molecule has 0 bridgehead atoms. The number of urea groups is 1. The summed E-state index contributed by atoms with van der Waals surface area (Å²) in [6, 6.07) is 5.70. The number of rotatable bonds is 5. The first-order valence-electron chi connectivity index (χ1n) is 7.98. The number of amides is 2. The Bertz CT molecular complexity index is 717. The highest BCUT2D eigenvalue weighted by molar-refractivity contribution is 7.09. The van der Waals surface area contributed by atoms with Gasteiger partial charge in [0.15, 0.2) is 11.5 Å². The van der Waals surface area contributed by atoms with Crippen molar-refractivity contribution in [2.75, 3.05) is 19.8 Å². The van der Waals surface area contributed by atoms with Crippen LogP contribution in [0, 0.1) is 6.92 Å². The molecular formula is C17H21N3O3S. The van der Waals surface area contributed by atoms with Gasteiger partial charge >= 0.3 is 6.03 Å². The molecule has 3 rings (SSSR count). The summed E-state index contributed by atoms with van der Waals surface area (Å²) in [5.74, 6) is 1.50. The number of benzene rings is 1. The van der Waals surface area contributed by atoms with Crippen molar-refractivity contribution < 1.29 is 14.3 Å². The second-order valence-electron chi connectivity index (χ2n) is 5.51. The summed E-state index contributed by atoms with van der Waals surface area (Å²) in [6.45, 7) is 6.64. The average molecular weight is 347 g/mol. The Kier molecular flexibility index (Phi) is 5.20. The van der Waals surface area contributed by atoms with E-state index in [1.54, 1.807) is 16.2 Å². The first kappa shape index (κ1) is 16.6. The largest absolute Gasteiger partial charge is 0.486 e. The van der Waals surface area contributed by atoms with E-state index in [0.29, 0.717) is 32.8 Å². The lowest BCUT2D eigenvalue weighted by molar-refractivity contribution is 0.171. The van der Waals surface area contributed by atoms with Gasteiger partial charge in [0.25, 0.3) is 0 Å². The van der Waals surface area contributed by atoms with Gasteiger partial charge in [-0.15, -0.1) is 11.3 Å². The summed E-state index contributed by atoms with van der Waals surface area (Å²) in [5.41, 5.74) is 1.90. The smallest absolute Gasteiger partial charge is 0.318 e. The van der Waals surface area contributed by atoms with Crippen molar-refractivity contribution in [3.8, 4) is 11.5 Å². The van der Waals surface area contributed by atoms with Gasteiger partial charge in [-0.25, -0.2) is 9.78 Å². The molecule has 6 nitrogen and oxygen atoms in total. The molecule has 0 unspecified atom stereocenters. The van der Waals surface area contributed by atoms with E-state index < -0.39 is 0 Å². The molecule has 2 amide bonds. The Labute approximate surface area is 145 Å². The molecule has 0 spiro atoms. The van der Waals surface area contributed by atoms with Crippen LogP contribution in [-0.2, 0) is 13.1 Å². The number of nitrogens with zero attached hydrogens (tertiary/aromatic N) is 2. The molecular weight excluding hydrogens is 326 g/mol. The predicted molar refractivity (Wildman–Crippen MR) is 92.6 cm³/mol. The number of nitrogens with one attached hydrogen (secondary N) is 1. The molecule has 0 atom stereocenters. The first-order valence-corrected chi connectivity index (χ1v) is 8.86. The van der Waals surface area contributed by atoms with Gasteiger partial charge in [0.2, 0.25) is 0 Å². The Hall–Kier alpha value is -2.28. The first-order chi connectivity index (χ1) is 11.7. The lowest BCUT2D eigenvalue weighted by atomic mass is 10.2. The fourth-order valence-electron chi connectivity index (χ4n) is 2.50. The minimum absolute atomic E-state index is 0.0990. The summed E-state index contributed by atoms with van der Waals surface area (Å²) in [7, 11) is 0. The van der Waals surface area contributed by atoms with Gasteiger partial charge in [-0.1, -0.05) is 6.07 Å². The van der Waals surface area contributed by atoms with Crippen molar-refractivity contribution in [3.63, 3.8) is 0 Å². The van der Waals surface area contributed by atoms with E-state index in [1.807, 2.05) is 37.4 Å². The van der Waals surface area contributed by atoms with Crippen molar-refractivity contribution in [3.05, 3.63) is 39.8 Å². The van der Waals surface area contributed by atoms with E-state index in [2.05, 4.69) is 10.3 Å². The maximum Gasteiger partial charge on any atom is 0.318 e. The molecule has 1 aromatic heterocycles. The fraction of sp³-hybridized carbons (Fsp3) is 0.412. The summed E-state index contributed by atoms with van der Waals surface area (Å²) in [5, 5.41) is 5.89. The van der Waals surface area contributed by atoms with Crippen molar-refractivity contribution in [2.24, 2.45) is 0 Å². The summed E-state index contributed by atoms with van der Waals surface area (Å²) in [4.78, 5) is 18.5. The number of hydrogen-bond acceptors (Lipinski definition) is 5. The Morgan fingerprint density at radius 1 is 1.33 bits per heavy atom. The van der Waals surface area contributed by atoms with E-state index in [4.69, 9.17) is 9.47 Å². The number of aromatic nitrogens is 1. The quantitative estimate of drug-likeness (QED) is 0.903. The lowest BCUT2D eigenvalue weighted by Crippen LogP contribution is -2.39. The van der Waals surface area contributed by atoms with E-state index in [9.17, 15) is 4.79 Å².